The Morgan fingerprint density at radius 2 is 1.90 bits per heavy atom. The predicted octanol–water partition coefficient (Wildman–Crippen LogP) is 4.22. The lowest BCUT2D eigenvalue weighted by molar-refractivity contribution is -0.163. The molecule has 20 heavy (non-hydrogen) atoms. The van der Waals surface area contributed by atoms with Gasteiger partial charge in [0.05, 0.1) is 6.10 Å². The molecular weight excluding hydrogens is 267 g/mol. The fourth-order valence-corrected chi connectivity index (χ4v) is 2.57. The Kier molecular flexibility index (Phi) is 4.58. The number of ether oxygens (including phenoxy) is 1. The van der Waals surface area contributed by atoms with Crippen molar-refractivity contribution in [3.63, 3.8) is 0 Å². The van der Waals surface area contributed by atoms with Crippen molar-refractivity contribution in [1.82, 2.24) is 5.32 Å². The van der Waals surface area contributed by atoms with E-state index in [2.05, 4.69) is 5.32 Å². The fraction of sp³-hybridized carbons (Fsp3) is 0.600. The summed E-state index contributed by atoms with van der Waals surface area (Å²) in [5, 5.41) is 2.72. The summed E-state index contributed by atoms with van der Waals surface area (Å²) in [5.41, 5.74) is 0.815. The summed E-state index contributed by atoms with van der Waals surface area (Å²) in [6.07, 6.45) is -2.78. The number of hydrogen-bond acceptors (Lipinski definition) is 2. The zero-order chi connectivity index (χ0) is 14.8. The third kappa shape index (κ3) is 3.66. The molecule has 5 heteroatoms. The van der Waals surface area contributed by atoms with Gasteiger partial charge in [-0.1, -0.05) is 18.2 Å². The molecule has 0 radical (unpaired) electrons. The van der Waals surface area contributed by atoms with Gasteiger partial charge in [0.1, 0.15) is 11.8 Å². The monoisotopic (exact) mass is 287 g/mol. The van der Waals surface area contributed by atoms with Crippen LogP contribution >= 0.6 is 0 Å². The lowest BCUT2D eigenvalue weighted by atomic mass is 9.92. The van der Waals surface area contributed by atoms with Crippen LogP contribution < -0.4 is 10.1 Å². The molecule has 2 rings (SSSR count). The average Bonchev–Trinajstić information content (AvgIpc) is 2.38. The lowest BCUT2D eigenvalue weighted by Gasteiger charge is -2.33. The van der Waals surface area contributed by atoms with Gasteiger partial charge in [0.2, 0.25) is 0 Å². The average molecular weight is 287 g/mol. The van der Waals surface area contributed by atoms with E-state index in [1.54, 1.807) is 0 Å². The van der Waals surface area contributed by atoms with Crippen molar-refractivity contribution in [2.45, 2.75) is 57.5 Å². The van der Waals surface area contributed by atoms with Crippen LogP contribution in [0, 0.1) is 0 Å². The Balaban J connectivity index is 2.18. The number of hydrogen-bond donors (Lipinski definition) is 1. The maximum Gasteiger partial charge on any atom is 0.403 e. The van der Waals surface area contributed by atoms with Gasteiger partial charge in [0.25, 0.3) is 0 Å². The maximum absolute atomic E-state index is 12.8. The molecule has 1 N–H and O–H groups in total. The molecule has 2 unspecified atom stereocenters. The van der Waals surface area contributed by atoms with E-state index in [1.165, 1.54) is 0 Å². The van der Waals surface area contributed by atoms with Crippen LogP contribution in [0.2, 0.25) is 0 Å². The highest BCUT2D eigenvalue weighted by atomic mass is 19.4. The first-order valence-corrected chi connectivity index (χ1v) is 6.96. The van der Waals surface area contributed by atoms with Crippen molar-refractivity contribution in [3.8, 4) is 5.75 Å². The molecule has 1 aliphatic heterocycles. The van der Waals surface area contributed by atoms with E-state index in [0.29, 0.717) is 18.6 Å². The first-order chi connectivity index (χ1) is 9.38. The van der Waals surface area contributed by atoms with Gasteiger partial charge in [-0.2, -0.15) is 13.2 Å². The minimum atomic E-state index is -4.19. The Morgan fingerprint density at radius 1 is 1.20 bits per heavy atom. The molecule has 1 aliphatic rings. The summed E-state index contributed by atoms with van der Waals surface area (Å²) in [6, 6.07) is 5.60. The van der Waals surface area contributed by atoms with Crippen molar-refractivity contribution in [2.24, 2.45) is 0 Å². The molecule has 1 aromatic carbocycles. The highest BCUT2D eigenvalue weighted by Crippen LogP contribution is 2.36. The highest BCUT2D eigenvalue weighted by Gasteiger charge is 2.42. The summed E-state index contributed by atoms with van der Waals surface area (Å²) in [7, 11) is 0. The van der Waals surface area contributed by atoms with Crippen molar-refractivity contribution in [1.29, 1.82) is 0 Å². The molecule has 0 amide bonds. The van der Waals surface area contributed by atoms with Gasteiger partial charge in [0.15, 0.2) is 0 Å². The minimum absolute atomic E-state index is 0.00171. The largest absolute Gasteiger partial charge is 0.491 e. The molecule has 1 heterocycles. The van der Waals surface area contributed by atoms with Crippen LogP contribution in [0.25, 0.3) is 0 Å². The van der Waals surface area contributed by atoms with Crippen LogP contribution in [-0.2, 0) is 0 Å². The minimum Gasteiger partial charge on any atom is -0.491 e. The number of halogens is 3. The van der Waals surface area contributed by atoms with E-state index in [0.717, 1.165) is 5.56 Å². The van der Waals surface area contributed by atoms with Gasteiger partial charge in [-0.05, 0) is 39.2 Å². The topological polar surface area (TPSA) is 21.3 Å². The lowest BCUT2D eigenvalue weighted by Crippen LogP contribution is -2.46. The summed E-state index contributed by atoms with van der Waals surface area (Å²) in [6.45, 7) is 3.81. The molecule has 1 fully saturated rings. The number of alkyl halides is 3. The van der Waals surface area contributed by atoms with Gasteiger partial charge in [0, 0.05) is 11.6 Å². The molecular formula is C15H20F3NO. The molecule has 1 aromatic rings. The second-order valence-electron chi connectivity index (χ2n) is 5.45. The van der Waals surface area contributed by atoms with E-state index in [-0.39, 0.29) is 18.6 Å². The van der Waals surface area contributed by atoms with Crippen LogP contribution in [0.15, 0.2) is 24.3 Å². The summed E-state index contributed by atoms with van der Waals surface area (Å²) in [5.74, 6) is 0.669. The Bertz CT molecular complexity index is 445. The second-order valence-corrected chi connectivity index (χ2v) is 5.45. The summed E-state index contributed by atoms with van der Waals surface area (Å²) in [4.78, 5) is 0. The predicted molar refractivity (Wildman–Crippen MR) is 71.8 cm³/mol. The fourth-order valence-electron chi connectivity index (χ4n) is 2.57. The first kappa shape index (κ1) is 15.2. The van der Waals surface area contributed by atoms with Crippen LogP contribution in [0.1, 0.15) is 44.7 Å². The van der Waals surface area contributed by atoms with E-state index >= 15 is 0 Å². The number of piperidine rings is 1. The molecule has 0 saturated carbocycles. The van der Waals surface area contributed by atoms with Crippen LogP contribution in [0.5, 0.6) is 5.75 Å². The van der Waals surface area contributed by atoms with Gasteiger partial charge in [-0.3, -0.25) is 5.32 Å². The van der Waals surface area contributed by atoms with Gasteiger partial charge < -0.3 is 4.74 Å². The van der Waals surface area contributed by atoms with Crippen molar-refractivity contribution in [3.05, 3.63) is 29.8 Å². The molecule has 0 spiro atoms. The Labute approximate surface area is 117 Å². The molecule has 0 aliphatic carbocycles. The quantitative estimate of drug-likeness (QED) is 0.898. The van der Waals surface area contributed by atoms with E-state index in [9.17, 15) is 13.2 Å². The summed E-state index contributed by atoms with van der Waals surface area (Å²) >= 11 is 0. The van der Waals surface area contributed by atoms with E-state index in [1.807, 2.05) is 38.1 Å². The molecule has 0 bridgehead atoms. The van der Waals surface area contributed by atoms with Crippen molar-refractivity contribution >= 4 is 0 Å². The van der Waals surface area contributed by atoms with Crippen LogP contribution in [-0.4, -0.2) is 18.3 Å². The third-order valence-electron chi connectivity index (χ3n) is 3.44. The van der Waals surface area contributed by atoms with Crippen molar-refractivity contribution in [2.75, 3.05) is 0 Å². The maximum atomic E-state index is 12.8. The second kappa shape index (κ2) is 6.04. The smallest absolute Gasteiger partial charge is 0.403 e. The first-order valence-electron chi connectivity index (χ1n) is 6.96. The molecule has 2 nitrogen and oxygen atoms in total. The van der Waals surface area contributed by atoms with Gasteiger partial charge in [-0.25, -0.2) is 0 Å². The molecule has 0 aromatic heterocycles. The number of para-hydroxylation sites is 1. The van der Waals surface area contributed by atoms with E-state index in [4.69, 9.17) is 4.74 Å². The number of nitrogens with one attached hydrogen (secondary N) is 1. The Hall–Kier alpha value is -1.23. The number of benzene rings is 1. The standard InChI is InChI=1S/C15H20F3NO/c1-10(2)20-13-8-4-3-6-11(13)12-7-5-9-14(19-12)15(16,17)18/h3-4,6,8,10,12,14,19H,5,7,9H2,1-2H3. The van der Waals surface area contributed by atoms with Crippen LogP contribution in [0.3, 0.4) is 0 Å². The zero-order valence-corrected chi connectivity index (χ0v) is 11.7. The van der Waals surface area contributed by atoms with Gasteiger partial charge >= 0.3 is 6.18 Å². The SMILES string of the molecule is CC(C)Oc1ccccc1C1CCCC(C(F)(F)F)N1. The summed E-state index contributed by atoms with van der Waals surface area (Å²) < 4.78 is 44.2. The highest BCUT2D eigenvalue weighted by molar-refractivity contribution is 5.36. The van der Waals surface area contributed by atoms with Crippen molar-refractivity contribution < 1.29 is 17.9 Å². The van der Waals surface area contributed by atoms with Crippen LogP contribution in [0.4, 0.5) is 13.2 Å². The number of rotatable bonds is 3. The third-order valence-corrected chi connectivity index (χ3v) is 3.44. The Morgan fingerprint density at radius 3 is 2.55 bits per heavy atom. The van der Waals surface area contributed by atoms with Gasteiger partial charge in [-0.15, -0.1) is 0 Å². The molecule has 112 valence electrons. The molecule has 1 saturated heterocycles. The zero-order valence-electron chi connectivity index (χ0n) is 11.7. The molecule has 2 atom stereocenters. The van der Waals surface area contributed by atoms with E-state index < -0.39 is 12.2 Å². The normalized spacial score (nSPS) is 23.9.